The molecular formula is C24H19NO5. The molecule has 1 aliphatic heterocycles. The summed E-state index contributed by atoms with van der Waals surface area (Å²) >= 11 is 0. The molecule has 0 aliphatic carbocycles. The molecule has 1 amide bonds. The first-order chi connectivity index (χ1) is 14.5. The van der Waals surface area contributed by atoms with E-state index in [0.29, 0.717) is 16.9 Å². The second-order valence-corrected chi connectivity index (χ2v) is 6.80. The van der Waals surface area contributed by atoms with E-state index in [2.05, 4.69) is 0 Å². The zero-order valence-corrected chi connectivity index (χ0v) is 16.1. The molecule has 30 heavy (non-hydrogen) atoms. The predicted molar refractivity (Wildman–Crippen MR) is 112 cm³/mol. The monoisotopic (exact) mass is 401 g/mol. The fourth-order valence-electron chi connectivity index (χ4n) is 3.60. The normalized spacial score (nSPS) is 17.9. The van der Waals surface area contributed by atoms with Gasteiger partial charge in [0.25, 0.3) is 11.7 Å². The molecule has 0 radical (unpaired) electrons. The first-order valence-electron chi connectivity index (χ1n) is 9.31. The number of carbonyl (C=O) groups excluding carboxylic acids is 2. The zero-order valence-electron chi connectivity index (χ0n) is 16.1. The topological polar surface area (TPSA) is 87.1 Å². The van der Waals surface area contributed by atoms with Crippen molar-refractivity contribution >= 4 is 23.1 Å². The lowest BCUT2D eigenvalue weighted by atomic mass is 9.95. The smallest absolute Gasteiger partial charge is 0.300 e. The number of hydrogen-bond acceptors (Lipinski definition) is 5. The Morgan fingerprint density at radius 1 is 0.900 bits per heavy atom. The summed E-state index contributed by atoms with van der Waals surface area (Å²) in [6.07, 6.45) is 0. The highest BCUT2D eigenvalue weighted by Crippen LogP contribution is 2.44. The van der Waals surface area contributed by atoms with Gasteiger partial charge in [0.2, 0.25) is 0 Å². The Labute approximate surface area is 173 Å². The Kier molecular flexibility index (Phi) is 4.98. The number of hydrogen-bond donors (Lipinski definition) is 2. The van der Waals surface area contributed by atoms with Crippen molar-refractivity contribution in [3.63, 3.8) is 0 Å². The molecule has 0 spiro atoms. The predicted octanol–water partition coefficient (Wildman–Crippen LogP) is 4.03. The molecule has 150 valence electrons. The molecule has 0 saturated carbocycles. The molecule has 1 saturated heterocycles. The highest BCUT2D eigenvalue weighted by molar-refractivity contribution is 6.51. The number of amides is 1. The summed E-state index contributed by atoms with van der Waals surface area (Å²) in [5.74, 6) is -1.46. The van der Waals surface area contributed by atoms with Gasteiger partial charge in [-0.2, -0.15) is 0 Å². The quantitative estimate of drug-likeness (QED) is 0.392. The molecule has 3 aromatic carbocycles. The van der Waals surface area contributed by atoms with Gasteiger partial charge in [-0.15, -0.1) is 0 Å². The number of aromatic hydroxyl groups is 1. The number of aliphatic hydroxyl groups excluding tert-OH is 1. The van der Waals surface area contributed by atoms with E-state index >= 15 is 0 Å². The van der Waals surface area contributed by atoms with Crippen molar-refractivity contribution in [2.75, 3.05) is 12.0 Å². The van der Waals surface area contributed by atoms with Crippen molar-refractivity contribution < 1.29 is 24.5 Å². The van der Waals surface area contributed by atoms with Gasteiger partial charge in [-0.3, -0.25) is 14.5 Å². The average Bonchev–Trinajstić information content (AvgIpc) is 3.05. The number of anilines is 1. The van der Waals surface area contributed by atoms with Crippen LogP contribution in [0.5, 0.6) is 11.5 Å². The van der Waals surface area contributed by atoms with Crippen LogP contribution in [0.3, 0.4) is 0 Å². The maximum atomic E-state index is 13.0. The van der Waals surface area contributed by atoms with Gasteiger partial charge < -0.3 is 14.9 Å². The second kappa shape index (κ2) is 7.75. The van der Waals surface area contributed by atoms with Gasteiger partial charge in [0.05, 0.1) is 24.4 Å². The lowest BCUT2D eigenvalue weighted by Crippen LogP contribution is -2.29. The molecular weight excluding hydrogens is 382 g/mol. The maximum absolute atomic E-state index is 13.0. The zero-order chi connectivity index (χ0) is 21.3. The van der Waals surface area contributed by atoms with Crippen LogP contribution < -0.4 is 9.64 Å². The number of nitrogens with zero attached hydrogens (tertiary/aromatic N) is 1. The number of ketones is 1. The highest BCUT2D eigenvalue weighted by Gasteiger charge is 2.47. The minimum Gasteiger partial charge on any atom is -0.507 e. The molecule has 0 aromatic heterocycles. The van der Waals surface area contributed by atoms with Gasteiger partial charge in [-0.05, 0) is 42.0 Å². The fraction of sp³-hybridized carbons (Fsp3) is 0.0833. The third kappa shape index (κ3) is 3.18. The summed E-state index contributed by atoms with van der Waals surface area (Å²) in [6.45, 7) is 0. The summed E-state index contributed by atoms with van der Waals surface area (Å²) in [5, 5.41) is 21.4. The molecule has 0 bridgehead atoms. The van der Waals surface area contributed by atoms with Crippen LogP contribution >= 0.6 is 0 Å². The molecule has 3 aromatic rings. The first-order valence-corrected chi connectivity index (χ1v) is 9.31. The van der Waals surface area contributed by atoms with E-state index in [-0.39, 0.29) is 22.8 Å². The van der Waals surface area contributed by atoms with E-state index in [0.717, 1.165) is 0 Å². The molecule has 1 atom stereocenters. The van der Waals surface area contributed by atoms with Gasteiger partial charge in [-0.1, -0.05) is 42.5 Å². The number of phenols is 1. The van der Waals surface area contributed by atoms with Crippen LogP contribution in [0.15, 0.2) is 84.4 Å². The van der Waals surface area contributed by atoms with Crippen molar-refractivity contribution in [2.45, 2.75) is 6.04 Å². The average molecular weight is 401 g/mol. The van der Waals surface area contributed by atoms with Gasteiger partial charge in [0, 0.05) is 5.56 Å². The molecule has 1 fully saturated rings. The largest absolute Gasteiger partial charge is 0.507 e. The van der Waals surface area contributed by atoms with Crippen LogP contribution in [-0.4, -0.2) is 29.0 Å². The van der Waals surface area contributed by atoms with Crippen molar-refractivity contribution in [2.24, 2.45) is 0 Å². The van der Waals surface area contributed by atoms with E-state index in [1.54, 1.807) is 66.7 Å². The number of ether oxygens (including phenoxy) is 1. The van der Waals surface area contributed by atoms with Crippen LogP contribution in [0.1, 0.15) is 17.2 Å². The number of Topliss-reactive ketones (excluding diaryl/α,β-unsaturated/α-hetero) is 1. The summed E-state index contributed by atoms with van der Waals surface area (Å²) in [6, 6.07) is 20.9. The standard InChI is InChI=1S/C24H19NO5/c1-30-17-13-11-16(12-14-17)22(27)20-21(15-7-3-2-4-8-15)25(24(29)23(20)28)18-9-5-6-10-19(18)26/h2-14,21,26-27H,1H3/b22-20+. The van der Waals surface area contributed by atoms with Gasteiger partial charge in [0.15, 0.2) is 0 Å². The van der Waals surface area contributed by atoms with Crippen molar-refractivity contribution in [3.8, 4) is 11.5 Å². The molecule has 1 aliphatic rings. The molecule has 4 rings (SSSR count). The second-order valence-electron chi connectivity index (χ2n) is 6.80. The third-order valence-corrected chi connectivity index (χ3v) is 5.06. The SMILES string of the molecule is COc1ccc(/C(O)=C2\C(=O)C(=O)N(c3ccccc3O)C2c2ccccc2)cc1. The molecule has 6 nitrogen and oxygen atoms in total. The van der Waals surface area contributed by atoms with Crippen LogP contribution in [0, 0.1) is 0 Å². The minimum atomic E-state index is -0.887. The molecule has 1 unspecified atom stereocenters. The van der Waals surface area contributed by atoms with E-state index in [9.17, 15) is 19.8 Å². The van der Waals surface area contributed by atoms with Gasteiger partial charge in [-0.25, -0.2) is 0 Å². The van der Waals surface area contributed by atoms with Gasteiger partial charge >= 0.3 is 0 Å². The lowest BCUT2D eigenvalue weighted by Gasteiger charge is -2.26. The molecule has 6 heteroatoms. The van der Waals surface area contributed by atoms with Gasteiger partial charge in [0.1, 0.15) is 17.3 Å². The van der Waals surface area contributed by atoms with Crippen LogP contribution in [0.4, 0.5) is 5.69 Å². The summed E-state index contributed by atoms with van der Waals surface area (Å²) < 4.78 is 5.14. The lowest BCUT2D eigenvalue weighted by molar-refractivity contribution is -0.132. The summed E-state index contributed by atoms with van der Waals surface area (Å²) in [5.41, 5.74) is 1.17. The van der Waals surface area contributed by atoms with Crippen LogP contribution in [0.25, 0.3) is 5.76 Å². The van der Waals surface area contributed by atoms with E-state index in [4.69, 9.17) is 4.74 Å². The third-order valence-electron chi connectivity index (χ3n) is 5.06. The maximum Gasteiger partial charge on any atom is 0.300 e. The number of benzene rings is 3. The Morgan fingerprint density at radius 3 is 2.17 bits per heavy atom. The Balaban J connectivity index is 1.93. The summed E-state index contributed by atoms with van der Waals surface area (Å²) in [7, 11) is 1.53. The van der Waals surface area contributed by atoms with Crippen LogP contribution in [0.2, 0.25) is 0 Å². The van der Waals surface area contributed by atoms with Crippen molar-refractivity contribution in [3.05, 3.63) is 95.6 Å². The first kappa shape index (κ1) is 19.3. The Hall–Kier alpha value is -4.06. The number of carbonyl (C=O) groups is 2. The Morgan fingerprint density at radius 2 is 1.53 bits per heavy atom. The Bertz CT molecular complexity index is 1140. The number of rotatable bonds is 4. The fourth-order valence-corrected chi connectivity index (χ4v) is 3.60. The number of para-hydroxylation sites is 2. The van der Waals surface area contributed by atoms with E-state index in [1.807, 2.05) is 6.07 Å². The highest BCUT2D eigenvalue weighted by atomic mass is 16.5. The number of aliphatic hydroxyl groups is 1. The van der Waals surface area contributed by atoms with Crippen molar-refractivity contribution in [1.82, 2.24) is 0 Å². The molecule has 2 N–H and O–H groups in total. The minimum absolute atomic E-state index is 0.0420. The number of methoxy groups -OCH3 is 1. The van der Waals surface area contributed by atoms with Crippen LogP contribution in [-0.2, 0) is 9.59 Å². The molecule has 1 heterocycles. The van der Waals surface area contributed by atoms with E-state index in [1.165, 1.54) is 18.1 Å². The van der Waals surface area contributed by atoms with Crippen molar-refractivity contribution in [1.29, 1.82) is 0 Å². The van der Waals surface area contributed by atoms with E-state index < -0.39 is 17.7 Å². The summed E-state index contributed by atoms with van der Waals surface area (Å²) in [4.78, 5) is 27.2. The number of phenolic OH excluding ortho intramolecular Hbond substituents is 1.